The summed E-state index contributed by atoms with van der Waals surface area (Å²) >= 11 is 9.22. The van der Waals surface area contributed by atoms with Gasteiger partial charge in [-0.3, -0.25) is 9.59 Å². The van der Waals surface area contributed by atoms with Gasteiger partial charge in [0.2, 0.25) is 0 Å². The van der Waals surface area contributed by atoms with Crippen LogP contribution in [0, 0.1) is 0 Å². The lowest BCUT2D eigenvalue weighted by Crippen LogP contribution is -2.15. The average molecular weight is 415 g/mol. The number of ketones is 1. The summed E-state index contributed by atoms with van der Waals surface area (Å²) in [6, 6.07) is 20.7. The monoisotopic (exact) mass is 413 g/mol. The highest BCUT2D eigenvalue weighted by Gasteiger charge is 2.16. The smallest absolute Gasteiger partial charge is 0.255 e. The van der Waals surface area contributed by atoms with Crippen molar-refractivity contribution in [1.82, 2.24) is 0 Å². The molecule has 0 heterocycles. The number of hydrogen-bond donors (Lipinski definition) is 1. The molecule has 0 saturated carbocycles. The van der Waals surface area contributed by atoms with E-state index in [-0.39, 0.29) is 11.7 Å². The third-order valence-electron chi connectivity index (χ3n) is 3.62. The van der Waals surface area contributed by atoms with Crippen molar-refractivity contribution in [2.75, 3.05) is 5.32 Å². The van der Waals surface area contributed by atoms with E-state index in [0.717, 1.165) is 4.47 Å². The number of carbonyl (C=O) groups is 2. The quantitative estimate of drug-likeness (QED) is 0.566. The first kappa shape index (κ1) is 17.4. The van der Waals surface area contributed by atoms with E-state index in [0.29, 0.717) is 27.4 Å². The van der Waals surface area contributed by atoms with Crippen LogP contribution >= 0.6 is 27.5 Å². The van der Waals surface area contributed by atoms with E-state index < -0.39 is 0 Å². The zero-order valence-corrected chi connectivity index (χ0v) is 15.3. The summed E-state index contributed by atoms with van der Waals surface area (Å²) in [5.41, 5.74) is 1.90. The Bertz CT molecular complexity index is 924. The molecular formula is C20H13BrClNO2. The predicted molar refractivity (Wildman–Crippen MR) is 103 cm³/mol. The van der Waals surface area contributed by atoms with Crippen LogP contribution in [0.25, 0.3) is 0 Å². The number of carbonyl (C=O) groups excluding carboxylic acids is 2. The van der Waals surface area contributed by atoms with Gasteiger partial charge in [-0.15, -0.1) is 0 Å². The van der Waals surface area contributed by atoms with Gasteiger partial charge in [0.1, 0.15) is 0 Å². The molecule has 1 amide bonds. The van der Waals surface area contributed by atoms with Crippen LogP contribution in [-0.2, 0) is 0 Å². The minimum absolute atomic E-state index is 0.159. The average Bonchev–Trinajstić information content (AvgIpc) is 2.64. The summed E-state index contributed by atoms with van der Waals surface area (Å²) in [6.45, 7) is 0. The Kier molecular flexibility index (Phi) is 5.31. The number of nitrogens with one attached hydrogen (secondary N) is 1. The van der Waals surface area contributed by atoms with Gasteiger partial charge in [-0.2, -0.15) is 0 Å². The fourth-order valence-corrected chi connectivity index (χ4v) is 2.84. The maximum Gasteiger partial charge on any atom is 0.255 e. The molecule has 0 radical (unpaired) electrons. The SMILES string of the molecule is O=C(Nc1ccc(Br)cc1C(=O)c1ccccc1)c1ccc(Cl)cc1. The molecule has 0 aromatic heterocycles. The number of anilines is 1. The van der Waals surface area contributed by atoms with Crippen molar-refractivity contribution in [2.45, 2.75) is 0 Å². The highest BCUT2D eigenvalue weighted by Crippen LogP contribution is 2.24. The highest BCUT2D eigenvalue weighted by molar-refractivity contribution is 9.10. The molecule has 0 aliphatic heterocycles. The number of hydrogen-bond acceptors (Lipinski definition) is 2. The lowest BCUT2D eigenvalue weighted by atomic mass is 10.0. The molecule has 124 valence electrons. The highest BCUT2D eigenvalue weighted by atomic mass is 79.9. The van der Waals surface area contributed by atoms with Crippen molar-refractivity contribution in [3.63, 3.8) is 0 Å². The first-order chi connectivity index (χ1) is 12.0. The van der Waals surface area contributed by atoms with Gasteiger partial charge in [0.15, 0.2) is 5.78 Å². The van der Waals surface area contributed by atoms with Gasteiger partial charge in [-0.25, -0.2) is 0 Å². The summed E-state index contributed by atoms with van der Waals surface area (Å²) < 4.78 is 0.760. The second-order valence-corrected chi connectivity index (χ2v) is 6.70. The molecule has 3 rings (SSSR count). The largest absolute Gasteiger partial charge is 0.321 e. The second-order valence-electron chi connectivity index (χ2n) is 5.35. The summed E-state index contributed by atoms with van der Waals surface area (Å²) in [6.07, 6.45) is 0. The molecule has 25 heavy (non-hydrogen) atoms. The van der Waals surface area contributed by atoms with Gasteiger partial charge in [0.05, 0.1) is 5.69 Å². The molecule has 0 bridgehead atoms. The van der Waals surface area contributed by atoms with Crippen LogP contribution in [0.1, 0.15) is 26.3 Å². The molecule has 5 heteroatoms. The summed E-state index contributed by atoms with van der Waals surface area (Å²) in [5, 5.41) is 3.36. The molecule has 0 atom stereocenters. The topological polar surface area (TPSA) is 46.2 Å². The third kappa shape index (κ3) is 4.16. The number of rotatable bonds is 4. The number of benzene rings is 3. The van der Waals surface area contributed by atoms with E-state index >= 15 is 0 Å². The van der Waals surface area contributed by atoms with Crippen molar-refractivity contribution in [1.29, 1.82) is 0 Å². The van der Waals surface area contributed by atoms with Crippen molar-refractivity contribution < 1.29 is 9.59 Å². The standard InChI is InChI=1S/C20H13BrClNO2/c21-15-8-11-18(23-20(25)14-6-9-16(22)10-7-14)17(12-15)19(24)13-4-2-1-3-5-13/h1-12H,(H,23,25). The number of halogens is 2. The first-order valence-electron chi connectivity index (χ1n) is 7.51. The van der Waals surface area contributed by atoms with Crippen LogP contribution < -0.4 is 5.32 Å². The molecule has 3 aromatic rings. The molecule has 0 aliphatic rings. The van der Waals surface area contributed by atoms with Gasteiger partial charge in [0, 0.05) is 26.2 Å². The Morgan fingerprint density at radius 1 is 0.840 bits per heavy atom. The van der Waals surface area contributed by atoms with E-state index in [1.807, 2.05) is 6.07 Å². The number of amides is 1. The van der Waals surface area contributed by atoms with Crippen LogP contribution in [0.4, 0.5) is 5.69 Å². The molecule has 0 saturated heterocycles. The van der Waals surface area contributed by atoms with E-state index in [1.54, 1.807) is 66.7 Å². The van der Waals surface area contributed by atoms with Crippen molar-refractivity contribution in [3.8, 4) is 0 Å². The van der Waals surface area contributed by atoms with Crippen molar-refractivity contribution in [3.05, 3.63) is 99.0 Å². The van der Waals surface area contributed by atoms with Gasteiger partial charge < -0.3 is 5.32 Å². The molecule has 0 fully saturated rings. The normalized spacial score (nSPS) is 10.3. The Morgan fingerprint density at radius 2 is 1.52 bits per heavy atom. The summed E-state index contributed by atoms with van der Waals surface area (Å²) in [5.74, 6) is -0.464. The Balaban J connectivity index is 1.93. The third-order valence-corrected chi connectivity index (χ3v) is 4.36. The Morgan fingerprint density at radius 3 is 2.20 bits per heavy atom. The zero-order chi connectivity index (χ0) is 17.8. The summed E-state index contributed by atoms with van der Waals surface area (Å²) in [7, 11) is 0. The first-order valence-corrected chi connectivity index (χ1v) is 8.68. The van der Waals surface area contributed by atoms with Crippen LogP contribution in [-0.4, -0.2) is 11.7 Å². The minimum Gasteiger partial charge on any atom is -0.321 e. The van der Waals surface area contributed by atoms with E-state index in [9.17, 15) is 9.59 Å². The van der Waals surface area contributed by atoms with E-state index in [2.05, 4.69) is 21.2 Å². The van der Waals surface area contributed by atoms with E-state index in [1.165, 1.54) is 0 Å². The van der Waals surface area contributed by atoms with Crippen LogP contribution in [0.5, 0.6) is 0 Å². The molecule has 3 nitrogen and oxygen atoms in total. The van der Waals surface area contributed by atoms with Gasteiger partial charge >= 0.3 is 0 Å². The summed E-state index contributed by atoms with van der Waals surface area (Å²) in [4.78, 5) is 25.2. The van der Waals surface area contributed by atoms with Gasteiger partial charge in [-0.1, -0.05) is 57.9 Å². The van der Waals surface area contributed by atoms with Crippen LogP contribution in [0.3, 0.4) is 0 Å². The molecule has 0 aliphatic carbocycles. The zero-order valence-electron chi connectivity index (χ0n) is 13.0. The maximum absolute atomic E-state index is 12.8. The van der Waals surface area contributed by atoms with Crippen molar-refractivity contribution >= 4 is 44.9 Å². The van der Waals surface area contributed by atoms with Crippen molar-refractivity contribution in [2.24, 2.45) is 0 Å². The predicted octanol–water partition coefficient (Wildman–Crippen LogP) is 5.59. The van der Waals surface area contributed by atoms with Crippen LogP contribution in [0.2, 0.25) is 5.02 Å². The second kappa shape index (κ2) is 7.64. The molecule has 0 spiro atoms. The van der Waals surface area contributed by atoms with Gasteiger partial charge in [-0.05, 0) is 42.5 Å². The lowest BCUT2D eigenvalue weighted by Gasteiger charge is -2.11. The molecular weight excluding hydrogens is 402 g/mol. The minimum atomic E-state index is -0.305. The fourth-order valence-electron chi connectivity index (χ4n) is 2.35. The Hall–Kier alpha value is -2.43. The fraction of sp³-hybridized carbons (Fsp3) is 0. The van der Waals surface area contributed by atoms with Crippen LogP contribution in [0.15, 0.2) is 77.3 Å². The lowest BCUT2D eigenvalue weighted by molar-refractivity contribution is 0.102. The Labute approximate surface area is 158 Å². The molecule has 3 aromatic carbocycles. The maximum atomic E-state index is 12.8. The molecule has 1 N–H and O–H groups in total. The van der Waals surface area contributed by atoms with E-state index in [4.69, 9.17) is 11.6 Å². The van der Waals surface area contributed by atoms with Gasteiger partial charge in [0.25, 0.3) is 5.91 Å². The molecule has 0 unspecified atom stereocenters.